The summed E-state index contributed by atoms with van der Waals surface area (Å²) in [4.78, 5) is 28.2. The van der Waals surface area contributed by atoms with Gasteiger partial charge in [0.05, 0.1) is 17.4 Å². The predicted octanol–water partition coefficient (Wildman–Crippen LogP) is 2.99. The van der Waals surface area contributed by atoms with Gasteiger partial charge in [0.2, 0.25) is 5.91 Å². The third-order valence-corrected chi connectivity index (χ3v) is 6.31. The van der Waals surface area contributed by atoms with E-state index in [1.807, 2.05) is 30.3 Å². The molecule has 1 aliphatic rings. The number of fused-ring (bicyclic) bond motifs is 3. The summed E-state index contributed by atoms with van der Waals surface area (Å²) < 4.78 is 23.6. The Morgan fingerprint density at radius 3 is 2.45 bits per heavy atom. The third-order valence-electron chi connectivity index (χ3n) is 5.02. The zero-order chi connectivity index (χ0) is 20.4. The maximum absolute atomic E-state index is 12.8. The molecule has 0 aliphatic carbocycles. The Morgan fingerprint density at radius 1 is 1.00 bits per heavy atom. The van der Waals surface area contributed by atoms with Crippen LogP contribution in [-0.4, -0.2) is 64.5 Å². The van der Waals surface area contributed by atoms with Crippen LogP contribution >= 0.6 is 0 Å². The van der Waals surface area contributed by atoms with Crippen molar-refractivity contribution in [2.45, 2.75) is 11.8 Å². The van der Waals surface area contributed by atoms with Crippen LogP contribution in [0.25, 0.3) is 21.9 Å². The highest BCUT2D eigenvalue weighted by atomic mass is 32.2. The molecule has 0 bridgehead atoms. The summed E-state index contributed by atoms with van der Waals surface area (Å²) in [6, 6.07) is 13.1. The van der Waals surface area contributed by atoms with Crippen molar-refractivity contribution in [1.29, 1.82) is 0 Å². The molecule has 2 heterocycles. The molecule has 0 spiro atoms. The van der Waals surface area contributed by atoms with Gasteiger partial charge in [-0.25, -0.2) is 4.79 Å². The first-order chi connectivity index (χ1) is 14.1. The summed E-state index contributed by atoms with van der Waals surface area (Å²) in [6.07, 6.45) is -0.358. The van der Waals surface area contributed by atoms with Gasteiger partial charge in [-0.3, -0.25) is 9.00 Å². The number of nitrogens with zero attached hydrogens (tertiary/aromatic N) is 2. The van der Waals surface area contributed by atoms with Gasteiger partial charge in [-0.2, -0.15) is 0 Å². The van der Waals surface area contributed by atoms with Gasteiger partial charge in [-0.15, -0.1) is 0 Å². The largest absolute Gasteiger partial charge is 0.456 e. The molecule has 0 radical (unpaired) electrons. The monoisotopic (exact) mass is 414 g/mol. The molecule has 1 saturated heterocycles. The minimum Gasteiger partial charge on any atom is -0.456 e. The minimum atomic E-state index is -1.46. The normalized spacial score (nSPS) is 15.6. The second-order valence-electron chi connectivity index (χ2n) is 6.81. The molecule has 29 heavy (non-hydrogen) atoms. The number of hydrogen-bond acceptors (Lipinski definition) is 5. The quantitative estimate of drug-likeness (QED) is 0.656. The molecule has 4 rings (SSSR count). The number of para-hydroxylation sites is 1. The number of hydrogen-bond donors (Lipinski definition) is 0. The van der Waals surface area contributed by atoms with Crippen molar-refractivity contribution >= 4 is 44.7 Å². The van der Waals surface area contributed by atoms with Crippen LogP contribution in [0.5, 0.6) is 0 Å². The van der Waals surface area contributed by atoms with Gasteiger partial charge in [-0.1, -0.05) is 18.2 Å². The Labute approximate surface area is 170 Å². The van der Waals surface area contributed by atoms with Crippen LogP contribution in [0.3, 0.4) is 0 Å². The van der Waals surface area contributed by atoms with Crippen LogP contribution in [0, 0.1) is 0 Å². The standard InChI is InChI=1S/C21H22N2O5S/c1-2-27-21(25)23-11-9-22(10-12-23)20(24)14-29(26)15-7-8-19-17(13-15)16-5-3-4-6-18(16)28-19/h3-8,13H,2,9-12,14H2,1H3. The third kappa shape index (κ3) is 3.98. The molecule has 1 unspecified atom stereocenters. The van der Waals surface area contributed by atoms with Crippen LogP contribution in [-0.2, 0) is 20.3 Å². The summed E-state index contributed by atoms with van der Waals surface area (Å²) in [5.74, 6) is -0.260. The number of benzene rings is 2. The molecule has 1 aromatic heterocycles. The zero-order valence-electron chi connectivity index (χ0n) is 16.1. The van der Waals surface area contributed by atoms with Crippen molar-refractivity contribution in [3.8, 4) is 0 Å². The average Bonchev–Trinajstić information content (AvgIpc) is 3.12. The molecular weight excluding hydrogens is 392 g/mol. The van der Waals surface area contributed by atoms with Crippen LogP contribution in [0.2, 0.25) is 0 Å². The highest BCUT2D eigenvalue weighted by Gasteiger charge is 2.26. The number of carbonyl (C=O) groups excluding carboxylic acids is 2. The molecule has 2 aromatic carbocycles. The van der Waals surface area contributed by atoms with Crippen LogP contribution in [0.4, 0.5) is 4.79 Å². The minimum absolute atomic E-state index is 0.0826. The van der Waals surface area contributed by atoms with Crippen molar-refractivity contribution < 1.29 is 23.0 Å². The average molecular weight is 414 g/mol. The molecule has 0 saturated carbocycles. The van der Waals surface area contributed by atoms with Gasteiger partial charge in [-0.05, 0) is 31.2 Å². The van der Waals surface area contributed by atoms with Gasteiger partial charge >= 0.3 is 6.09 Å². The summed E-state index contributed by atoms with van der Waals surface area (Å²) >= 11 is 0. The molecule has 3 aromatic rings. The van der Waals surface area contributed by atoms with E-state index >= 15 is 0 Å². The van der Waals surface area contributed by atoms with Gasteiger partial charge in [0, 0.05) is 41.8 Å². The van der Waals surface area contributed by atoms with E-state index in [1.54, 1.807) is 28.9 Å². The number of carbonyl (C=O) groups is 2. The van der Waals surface area contributed by atoms with E-state index < -0.39 is 10.8 Å². The number of furan rings is 1. The fourth-order valence-corrected chi connectivity index (χ4v) is 4.53. The summed E-state index contributed by atoms with van der Waals surface area (Å²) in [6.45, 7) is 3.76. The molecule has 1 atom stereocenters. The Morgan fingerprint density at radius 2 is 1.69 bits per heavy atom. The molecule has 152 valence electrons. The first-order valence-electron chi connectivity index (χ1n) is 9.56. The Kier molecular flexibility index (Phi) is 5.53. The van der Waals surface area contributed by atoms with E-state index in [-0.39, 0.29) is 17.8 Å². The predicted molar refractivity (Wildman–Crippen MR) is 110 cm³/mol. The number of amides is 2. The van der Waals surface area contributed by atoms with E-state index in [2.05, 4.69) is 0 Å². The summed E-state index contributed by atoms with van der Waals surface area (Å²) in [5.41, 5.74) is 1.51. The van der Waals surface area contributed by atoms with E-state index in [1.165, 1.54) is 0 Å². The van der Waals surface area contributed by atoms with Crippen molar-refractivity contribution in [3.63, 3.8) is 0 Å². The van der Waals surface area contributed by atoms with Gasteiger partial charge < -0.3 is 19.0 Å². The maximum atomic E-state index is 12.8. The van der Waals surface area contributed by atoms with Crippen molar-refractivity contribution in [2.24, 2.45) is 0 Å². The summed E-state index contributed by atoms with van der Waals surface area (Å²) in [7, 11) is -1.46. The molecule has 8 heteroatoms. The topological polar surface area (TPSA) is 80.1 Å². The lowest BCUT2D eigenvalue weighted by molar-refractivity contribution is -0.129. The van der Waals surface area contributed by atoms with Gasteiger partial charge in [0.15, 0.2) is 0 Å². The maximum Gasteiger partial charge on any atom is 0.409 e. The zero-order valence-corrected chi connectivity index (χ0v) is 16.9. The van der Waals surface area contributed by atoms with Gasteiger partial charge in [0.1, 0.15) is 16.9 Å². The van der Waals surface area contributed by atoms with E-state index in [0.717, 1.165) is 21.9 Å². The number of rotatable bonds is 4. The molecular formula is C21H22N2O5S. The Bertz CT molecular complexity index is 1090. The van der Waals surface area contributed by atoms with Crippen molar-refractivity contribution in [2.75, 3.05) is 38.5 Å². The smallest absolute Gasteiger partial charge is 0.409 e. The summed E-state index contributed by atoms with van der Waals surface area (Å²) in [5, 5.41) is 1.85. The molecule has 1 aliphatic heterocycles. The fourth-order valence-electron chi connectivity index (χ4n) is 3.49. The second-order valence-corrected chi connectivity index (χ2v) is 8.26. The van der Waals surface area contributed by atoms with Crippen molar-refractivity contribution in [3.05, 3.63) is 42.5 Å². The fraction of sp³-hybridized carbons (Fsp3) is 0.333. The first kappa shape index (κ1) is 19.4. The molecule has 7 nitrogen and oxygen atoms in total. The lowest BCUT2D eigenvalue weighted by atomic mass is 10.1. The lowest BCUT2D eigenvalue weighted by Crippen LogP contribution is -2.51. The molecule has 0 N–H and O–H groups in total. The SMILES string of the molecule is CCOC(=O)N1CCN(C(=O)CS(=O)c2ccc3oc4ccccc4c3c2)CC1. The van der Waals surface area contributed by atoms with Gasteiger partial charge in [0.25, 0.3) is 0 Å². The van der Waals surface area contributed by atoms with Crippen LogP contribution < -0.4 is 0 Å². The van der Waals surface area contributed by atoms with E-state index in [4.69, 9.17) is 9.15 Å². The number of ether oxygens (including phenoxy) is 1. The van der Waals surface area contributed by atoms with E-state index in [0.29, 0.717) is 37.7 Å². The Hall–Kier alpha value is -2.87. The first-order valence-corrected chi connectivity index (χ1v) is 10.9. The molecule has 2 amide bonds. The van der Waals surface area contributed by atoms with Crippen LogP contribution in [0.1, 0.15) is 6.92 Å². The van der Waals surface area contributed by atoms with E-state index in [9.17, 15) is 13.8 Å². The van der Waals surface area contributed by atoms with Crippen LogP contribution in [0.15, 0.2) is 51.8 Å². The van der Waals surface area contributed by atoms with Crippen molar-refractivity contribution in [1.82, 2.24) is 9.80 Å². The number of piperazine rings is 1. The second kappa shape index (κ2) is 8.24. The lowest BCUT2D eigenvalue weighted by Gasteiger charge is -2.34. The Balaban J connectivity index is 1.42. The molecule has 1 fully saturated rings. The highest BCUT2D eigenvalue weighted by molar-refractivity contribution is 7.85. The highest BCUT2D eigenvalue weighted by Crippen LogP contribution is 2.30.